The molecule has 1 saturated carbocycles. The average molecular weight is 304 g/mol. The summed E-state index contributed by atoms with van der Waals surface area (Å²) >= 11 is 0. The van der Waals surface area contributed by atoms with Crippen molar-refractivity contribution in [2.45, 2.75) is 31.5 Å². The molecule has 1 aliphatic carbocycles. The highest BCUT2D eigenvalue weighted by Crippen LogP contribution is 2.35. The summed E-state index contributed by atoms with van der Waals surface area (Å²) in [5, 5.41) is 23.4. The van der Waals surface area contributed by atoms with E-state index < -0.39 is 28.5 Å². The first-order valence-corrected chi connectivity index (χ1v) is 6.56. The van der Waals surface area contributed by atoms with Gasteiger partial charge in [0.2, 0.25) is 0 Å². The van der Waals surface area contributed by atoms with E-state index in [1.807, 2.05) is 0 Å². The number of alkyl halides is 3. The van der Waals surface area contributed by atoms with Crippen LogP contribution >= 0.6 is 0 Å². The highest BCUT2D eigenvalue weighted by molar-refractivity contribution is 5.63. The van der Waals surface area contributed by atoms with Crippen LogP contribution in [0.15, 0.2) is 18.2 Å². The monoisotopic (exact) mass is 304 g/mol. The molecule has 2 unspecified atom stereocenters. The van der Waals surface area contributed by atoms with E-state index in [2.05, 4.69) is 5.32 Å². The SMILES string of the molecule is O=[N+]([O-])c1cc(C(F)(F)F)ccc1NCC1CCCC1O. The largest absolute Gasteiger partial charge is 0.416 e. The van der Waals surface area contributed by atoms with Crippen molar-refractivity contribution in [3.05, 3.63) is 33.9 Å². The van der Waals surface area contributed by atoms with Gasteiger partial charge in [0.1, 0.15) is 5.69 Å². The quantitative estimate of drug-likeness (QED) is 0.661. The molecule has 0 radical (unpaired) electrons. The van der Waals surface area contributed by atoms with E-state index in [9.17, 15) is 28.4 Å². The van der Waals surface area contributed by atoms with Crippen LogP contribution in [0.4, 0.5) is 24.5 Å². The molecule has 0 spiro atoms. The second-order valence-corrected chi connectivity index (χ2v) is 5.13. The topological polar surface area (TPSA) is 75.4 Å². The Labute approximate surface area is 118 Å². The molecule has 1 aromatic rings. The Kier molecular flexibility index (Phi) is 4.36. The van der Waals surface area contributed by atoms with Gasteiger partial charge in [-0.1, -0.05) is 6.42 Å². The Bertz CT molecular complexity index is 534. The second kappa shape index (κ2) is 5.88. The zero-order valence-electron chi connectivity index (χ0n) is 11.1. The van der Waals surface area contributed by atoms with Gasteiger partial charge >= 0.3 is 6.18 Å². The summed E-state index contributed by atoms with van der Waals surface area (Å²) in [6.45, 7) is 0.299. The van der Waals surface area contributed by atoms with Crippen molar-refractivity contribution in [2.75, 3.05) is 11.9 Å². The van der Waals surface area contributed by atoms with Crippen LogP contribution in [0, 0.1) is 16.0 Å². The third kappa shape index (κ3) is 3.63. The number of rotatable bonds is 4. The zero-order valence-corrected chi connectivity index (χ0v) is 11.1. The van der Waals surface area contributed by atoms with Crippen LogP contribution in [-0.4, -0.2) is 22.7 Å². The van der Waals surface area contributed by atoms with Gasteiger partial charge in [-0.3, -0.25) is 10.1 Å². The standard InChI is InChI=1S/C13H15F3N2O3/c14-13(15,16)9-4-5-10(11(6-9)18(20)21)17-7-8-2-1-3-12(8)19/h4-6,8,12,17,19H,1-3,7H2. The number of aliphatic hydroxyl groups excluding tert-OH is 1. The third-order valence-electron chi connectivity index (χ3n) is 3.70. The first kappa shape index (κ1) is 15.6. The lowest BCUT2D eigenvalue weighted by Gasteiger charge is -2.16. The lowest BCUT2D eigenvalue weighted by molar-refractivity contribution is -0.384. The van der Waals surface area contributed by atoms with Gasteiger partial charge in [0.15, 0.2) is 0 Å². The number of hydrogen-bond donors (Lipinski definition) is 2. The molecule has 0 amide bonds. The minimum atomic E-state index is -4.62. The van der Waals surface area contributed by atoms with Gasteiger partial charge in [-0.2, -0.15) is 13.2 Å². The van der Waals surface area contributed by atoms with E-state index in [1.165, 1.54) is 0 Å². The Morgan fingerprint density at radius 3 is 2.62 bits per heavy atom. The maximum absolute atomic E-state index is 12.6. The molecular formula is C13H15F3N2O3. The molecule has 1 fully saturated rings. The molecule has 0 aliphatic heterocycles. The smallest absolute Gasteiger partial charge is 0.393 e. The molecular weight excluding hydrogens is 289 g/mol. The van der Waals surface area contributed by atoms with Crippen molar-refractivity contribution in [1.82, 2.24) is 0 Å². The molecule has 116 valence electrons. The van der Waals surface area contributed by atoms with Crippen LogP contribution in [0.3, 0.4) is 0 Å². The van der Waals surface area contributed by atoms with E-state index in [4.69, 9.17) is 0 Å². The van der Waals surface area contributed by atoms with Gasteiger partial charge in [-0.05, 0) is 25.0 Å². The first-order chi connectivity index (χ1) is 9.79. The lowest BCUT2D eigenvalue weighted by atomic mass is 10.1. The van der Waals surface area contributed by atoms with Crippen molar-refractivity contribution in [3.8, 4) is 0 Å². The average Bonchev–Trinajstić information content (AvgIpc) is 2.80. The van der Waals surface area contributed by atoms with Gasteiger partial charge in [0.25, 0.3) is 5.69 Å². The van der Waals surface area contributed by atoms with Crippen LogP contribution in [0.25, 0.3) is 0 Å². The molecule has 0 saturated heterocycles. The zero-order chi connectivity index (χ0) is 15.6. The van der Waals surface area contributed by atoms with Crippen molar-refractivity contribution in [2.24, 2.45) is 5.92 Å². The fourth-order valence-electron chi connectivity index (χ4n) is 2.50. The van der Waals surface area contributed by atoms with Gasteiger partial charge in [0, 0.05) is 18.5 Å². The van der Waals surface area contributed by atoms with E-state index in [0.29, 0.717) is 19.0 Å². The summed E-state index contributed by atoms with van der Waals surface area (Å²) in [6, 6.07) is 2.39. The molecule has 1 aromatic carbocycles. The molecule has 8 heteroatoms. The molecule has 0 bridgehead atoms. The predicted octanol–water partition coefficient (Wildman–Crippen LogP) is 3.19. The summed E-state index contributed by atoms with van der Waals surface area (Å²) in [4.78, 5) is 10.1. The number of anilines is 1. The number of halogens is 3. The minimum Gasteiger partial charge on any atom is -0.393 e. The van der Waals surface area contributed by atoms with Gasteiger partial charge in [0.05, 0.1) is 16.6 Å². The van der Waals surface area contributed by atoms with Crippen molar-refractivity contribution in [3.63, 3.8) is 0 Å². The van der Waals surface area contributed by atoms with E-state index in [-0.39, 0.29) is 11.6 Å². The maximum Gasteiger partial charge on any atom is 0.416 e. The number of nitrogens with one attached hydrogen (secondary N) is 1. The van der Waals surface area contributed by atoms with Gasteiger partial charge < -0.3 is 10.4 Å². The minimum absolute atomic E-state index is 0.0344. The number of aliphatic hydroxyl groups is 1. The van der Waals surface area contributed by atoms with Gasteiger partial charge in [-0.15, -0.1) is 0 Å². The highest BCUT2D eigenvalue weighted by Gasteiger charge is 2.33. The van der Waals surface area contributed by atoms with Crippen LogP contribution < -0.4 is 5.32 Å². The normalized spacial score (nSPS) is 22.3. The number of nitro groups is 1. The Morgan fingerprint density at radius 1 is 1.38 bits per heavy atom. The molecule has 2 N–H and O–H groups in total. The number of nitrogens with zero attached hydrogens (tertiary/aromatic N) is 1. The summed E-state index contributed by atoms with van der Waals surface area (Å²) in [5.74, 6) is -0.0353. The van der Waals surface area contributed by atoms with E-state index in [0.717, 1.165) is 25.0 Å². The Balaban J connectivity index is 2.17. The molecule has 2 rings (SSSR count). The van der Waals surface area contributed by atoms with Crippen LogP contribution in [-0.2, 0) is 6.18 Å². The van der Waals surface area contributed by atoms with Crippen LogP contribution in [0.1, 0.15) is 24.8 Å². The molecule has 5 nitrogen and oxygen atoms in total. The Hall–Kier alpha value is -1.83. The Morgan fingerprint density at radius 2 is 2.10 bits per heavy atom. The van der Waals surface area contributed by atoms with E-state index in [1.54, 1.807) is 0 Å². The fourth-order valence-corrected chi connectivity index (χ4v) is 2.50. The molecule has 0 aromatic heterocycles. The number of nitro benzene ring substituents is 1. The van der Waals surface area contributed by atoms with Crippen molar-refractivity contribution in [1.29, 1.82) is 0 Å². The summed E-state index contributed by atoms with van der Waals surface area (Å²) < 4.78 is 37.7. The summed E-state index contributed by atoms with van der Waals surface area (Å²) in [7, 11) is 0. The lowest BCUT2D eigenvalue weighted by Crippen LogP contribution is -2.22. The number of hydrogen-bond acceptors (Lipinski definition) is 4. The second-order valence-electron chi connectivity index (χ2n) is 5.13. The molecule has 0 heterocycles. The molecule has 2 atom stereocenters. The fraction of sp³-hybridized carbons (Fsp3) is 0.538. The third-order valence-corrected chi connectivity index (χ3v) is 3.70. The van der Waals surface area contributed by atoms with E-state index >= 15 is 0 Å². The molecule has 1 aliphatic rings. The van der Waals surface area contributed by atoms with Crippen molar-refractivity contribution >= 4 is 11.4 Å². The van der Waals surface area contributed by atoms with Crippen LogP contribution in [0.5, 0.6) is 0 Å². The first-order valence-electron chi connectivity index (χ1n) is 6.56. The predicted molar refractivity (Wildman–Crippen MR) is 69.9 cm³/mol. The highest BCUT2D eigenvalue weighted by atomic mass is 19.4. The number of benzene rings is 1. The van der Waals surface area contributed by atoms with Crippen molar-refractivity contribution < 1.29 is 23.2 Å². The molecule has 21 heavy (non-hydrogen) atoms. The summed E-state index contributed by atoms with van der Waals surface area (Å²) in [6.07, 6.45) is -2.73. The maximum atomic E-state index is 12.6. The summed E-state index contributed by atoms with van der Waals surface area (Å²) in [5.41, 5.74) is -1.63. The van der Waals surface area contributed by atoms with Gasteiger partial charge in [-0.25, -0.2) is 0 Å². The van der Waals surface area contributed by atoms with Crippen LogP contribution in [0.2, 0.25) is 0 Å².